The van der Waals surface area contributed by atoms with Gasteiger partial charge in [0, 0.05) is 12.4 Å². The van der Waals surface area contributed by atoms with Gasteiger partial charge in [0.25, 0.3) is 0 Å². The molecule has 0 unspecified atom stereocenters. The summed E-state index contributed by atoms with van der Waals surface area (Å²) in [5, 5.41) is 4.97. The van der Waals surface area contributed by atoms with Gasteiger partial charge in [0.1, 0.15) is 5.69 Å². The van der Waals surface area contributed by atoms with E-state index >= 15 is 0 Å². The van der Waals surface area contributed by atoms with Crippen LogP contribution in [0.1, 0.15) is 20.8 Å². The molecule has 0 aliphatic heterocycles. The van der Waals surface area contributed by atoms with Gasteiger partial charge in [-0.15, -0.1) is 0 Å². The van der Waals surface area contributed by atoms with Crippen molar-refractivity contribution in [2.75, 3.05) is 6.61 Å². The number of benzene rings is 2. The molecule has 2 aromatic carbocycles. The zero-order valence-corrected chi connectivity index (χ0v) is 12.0. The summed E-state index contributed by atoms with van der Waals surface area (Å²) in [6.07, 6.45) is 0. The highest BCUT2D eigenvalue weighted by molar-refractivity contribution is 6.07. The quantitative estimate of drug-likeness (QED) is 0.548. The monoisotopic (exact) mass is 294 g/mol. The van der Waals surface area contributed by atoms with E-state index in [9.17, 15) is 9.59 Å². The minimum absolute atomic E-state index is 0.318. The fourth-order valence-corrected chi connectivity index (χ4v) is 2.28. The fraction of sp³-hybridized carbons (Fsp3) is 0.118. The van der Waals surface area contributed by atoms with E-state index in [1.54, 1.807) is 36.0 Å². The van der Waals surface area contributed by atoms with Crippen molar-refractivity contribution in [3.8, 4) is 0 Å². The molecule has 5 nitrogen and oxygen atoms in total. The third kappa shape index (κ3) is 2.61. The van der Waals surface area contributed by atoms with Crippen LogP contribution in [-0.2, 0) is 11.8 Å². The zero-order chi connectivity index (χ0) is 15.5. The van der Waals surface area contributed by atoms with Crippen LogP contribution in [-0.4, -0.2) is 28.1 Å². The number of hydrogen-bond acceptors (Lipinski definition) is 4. The molecule has 0 spiro atoms. The highest BCUT2D eigenvalue weighted by atomic mass is 16.5. The van der Waals surface area contributed by atoms with Crippen LogP contribution >= 0.6 is 0 Å². The van der Waals surface area contributed by atoms with Gasteiger partial charge in [0.2, 0.25) is 5.78 Å². The predicted octanol–water partition coefficient (Wildman–Crippen LogP) is 2.61. The molecule has 0 radical (unpaired) electrons. The number of aryl methyl sites for hydroxylation is 1. The number of carbonyl (C=O) groups excluding carboxylic acids is 2. The van der Waals surface area contributed by atoms with Crippen LogP contribution in [0.3, 0.4) is 0 Å². The van der Waals surface area contributed by atoms with E-state index < -0.39 is 5.97 Å². The van der Waals surface area contributed by atoms with Crippen LogP contribution in [0.5, 0.6) is 0 Å². The van der Waals surface area contributed by atoms with Gasteiger partial charge >= 0.3 is 5.97 Å². The Hall–Kier alpha value is -2.95. The van der Waals surface area contributed by atoms with Gasteiger partial charge < -0.3 is 4.74 Å². The van der Waals surface area contributed by atoms with E-state index in [1.165, 1.54) is 0 Å². The number of Topliss-reactive ketones (excluding diaryl/α,β-unsaturated/α-hetero) is 1. The van der Waals surface area contributed by atoms with Gasteiger partial charge in [0.05, 0.1) is 11.1 Å². The van der Waals surface area contributed by atoms with Crippen LogP contribution in [0.25, 0.3) is 10.9 Å². The second-order valence-corrected chi connectivity index (χ2v) is 4.85. The molecule has 110 valence electrons. The lowest BCUT2D eigenvalue weighted by Gasteiger charge is -2.03. The number of para-hydroxylation sites is 1. The number of fused-ring (bicyclic) bond motifs is 1. The summed E-state index contributed by atoms with van der Waals surface area (Å²) in [7, 11) is 1.77. The van der Waals surface area contributed by atoms with Gasteiger partial charge in [-0.2, -0.15) is 5.10 Å². The maximum absolute atomic E-state index is 12.3. The number of aromatic nitrogens is 2. The van der Waals surface area contributed by atoms with Gasteiger partial charge in [0.15, 0.2) is 6.61 Å². The first-order valence-electron chi connectivity index (χ1n) is 6.84. The van der Waals surface area contributed by atoms with E-state index in [4.69, 9.17) is 4.74 Å². The van der Waals surface area contributed by atoms with E-state index in [-0.39, 0.29) is 12.4 Å². The molecule has 0 bridgehead atoms. The van der Waals surface area contributed by atoms with Gasteiger partial charge in [-0.25, -0.2) is 4.79 Å². The van der Waals surface area contributed by atoms with Gasteiger partial charge in [-0.3, -0.25) is 9.48 Å². The number of ether oxygens (including phenoxy) is 1. The van der Waals surface area contributed by atoms with E-state index in [2.05, 4.69) is 5.10 Å². The summed E-state index contributed by atoms with van der Waals surface area (Å²) in [5.41, 5.74) is 1.60. The van der Waals surface area contributed by atoms with Crippen molar-refractivity contribution in [3.05, 3.63) is 65.9 Å². The maximum atomic E-state index is 12.3. The number of ketones is 1. The second-order valence-electron chi connectivity index (χ2n) is 4.85. The first kappa shape index (κ1) is 14.0. The Labute approximate surface area is 127 Å². The number of nitrogens with zero attached hydrogens (tertiary/aromatic N) is 2. The molecule has 1 heterocycles. The lowest BCUT2D eigenvalue weighted by atomic mass is 10.1. The third-order valence-electron chi connectivity index (χ3n) is 3.37. The molecular formula is C17H14N2O3. The Kier molecular flexibility index (Phi) is 3.70. The number of esters is 1. The summed E-state index contributed by atoms with van der Waals surface area (Å²) < 4.78 is 6.71. The van der Waals surface area contributed by atoms with Crippen LogP contribution in [0.15, 0.2) is 54.6 Å². The zero-order valence-electron chi connectivity index (χ0n) is 12.0. The lowest BCUT2D eigenvalue weighted by molar-refractivity contribution is 0.0473. The normalized spacial score (nSPS) is 10.6. The molecule has 0 saturated carbocycles. The standard InChI is InChI=1S/C17H14N2O3/c1-19-14-10-6-5-9-13(14)16(18-19)15(20)11-22-17(21)12-7-3-2-4-8-12/h2-10H,11H2,1H3. The predicted molar refractivity (Wildman–Crippen MR) is 81.8 cm³/mol. The number of hydrogen-bond donors (Lipinski definition) is 0. The molecule has 0 aliphatic rings. The van der Waals surface area contributed by atoms with Crippen LogP contribution < -0.4 is 0 Å². The largest absolute Gasteiger partial charge is 0.454 e. The molecule has 0 saturated heterocycles. The first-order chi connectivity index (χ1) is 10.7. The van der Waals surface area contributed by atoms with E-state index in [1.807, 2.05) is 30.3 Å². The molecule has 0 atom stereocenters. The van der Waals surface area contributed by atoms with Crippen molar-refractivity contribution in [2.24, 2.45) is 7.05 Å². The van der Waals surface area contributed by atoms with Crippen molar-refractivity contribution in [3.63, 3.8) is 0 Å². The molecule has 0 fully saturated rings. The molecule has 0 amide bonds. The molecule has 0 N–H and O–H groups in total. The third-order valence-corrected chi connectivity index (χ3v) is 3.37. The van der Waals surface area contributed by atoms with Crippen LogP contribution in [0, 0.1) is 0 Å². The molecule has 5 heteroatoms. The molecular weight excluding hydrogens is 280 g/mol. The highest BCUT2D eigenvalue weighted by Gasteiger charge is 2.17. The van der Waals surface area contributed by atoms with E-state index in [0.29, 0.717) is 11.3 Å². The highest BCUT2D eigenvalue weighted by Crippen LogP contribution is 2.18. The van der Waals surface area contributed by atoms with Gasteiger partial charge in [-0.1, -0.05) is 36.4 Å². The molecule has 22 heavy (non-hydrogen) atoms. The topological polar surface area (TPSA) is 61.2 Å². The van der Waals surface area contributed by atoms with Crippen LogP contribution in [0.4, 0.5) is 0 Å². The molecule has 3 rings (SSSR count). The summed E-state index contributed by atoms with van der Waals surface area (Å²) in [6, 6.07) is 16.0. The fourth-order valence-electron chi connectivity index (χ4n) is 2.28. The van der Waals surface area contributed by atoms with E-state index in [0.717, 1.165) is 10.9 Å². The first-order valence-corrected chi connectivity index (χ1v) is 6.84. The number of carbonyl (C=O) groups is 2. The van der Waals surface area contributed by atoms with Gasteiger partial charge in [-0.05, 0) is 18.2 Å². The summed E-state index contributed by atoms with van der Waals surface area (Å²) in [6.45, 7) is -0.325. The Balaban J connectivity index is 1.76. The summed E-state index contributed by atoms with van der Waals surface area (Å²) in [4.78, 5) is 24.1. The average molecular weight is 294 g/mol. The Morgan fingerprint density at radius 2 is 1.73 bits per heavy atom. The minimum Gasteiger partial charge on any atom is -0.454 e. The average Bonchev–Trinajstić information content (AvgIpc) is 2.91. The summed E-state index contributed by atoms with van der Waals surface area (Å²) in [5.74, 6) is -0.838. The van der Waals surface area contributed by atoms with Crippen molar-refractivity contribution in [2.45, 2.75) is 0 Å². The Bertz CT molecular complexity index is 837. The SMILES string of the molecule is Cn1nc(C(=O)COC(=O)c2ccccc2)c2ccccc21. The smallest absolute Gasteiger partial charge is 0.338 e. The number of rotatable bonds is 4. The Morgan fingerprint density at radius 3 is 2.50 bits per heavy atom. The Morgan fingerprint density at radius 1 is 1.05 bits per heavy atom. The second kappa shape index (κ2) is 5.81. The molecule has 3 aromatic rings. The van der Waals surface area contributed by atoms with Crippen molar-refractivity contribution < 1.29 is 14.3 Å². The van der Waals surface area contributed by atoms with Crippen molar-refractivity contribution in [1.29, 1.82) is 0 Å². The van der Waals surface area contributed by atoms with Crippen LogP contribution in [0.2, 0.25) is 0 Å². The van der Waals surface area contributed by atoms with Crippen molar-refractivity contribution >= 4 is 22.7 Å². The minimum atomic E-state index is -0.519. The van der Waals surface area contributed by atoms with Crippen molar-refractivity contribution in [1.82, 2.24) is 9.78 Å². The molecule has 0 aliphatic carbocycles. The maximum Gasteiger partial charge on any atom is 0.338 e. The lowest BCUT2D eigenvalue weighted by Crippen LogP contribution is -2.15. The summed E-state index contributed by atoms with van der Waals surface area (Å²) >= 11 is 0. The molecule has 1 aromatic heterocycles.